The first kappa shape index (κ1) is 27.0. The molecule has 0 aliphatic carbocycles. The van der Waals surface area contributed by atoms with Crippen molar-refractivity contribution in [3.05, 3.63) is 84.1 Å². The van der Waals surface area contributed by atoms with E-state index in [4.69, 9.17) is 19.2 Å². The quantitative estimate of drug-likeness (QED) is 0.224. The fourth-order valence-corrected chi connectivity index (χ4v) is 6.03. The summed E-state index contributed by atoms with van der Waals surface area (Å²) in [5.41, 5.74) is 3.93. The number of anilines is 1. The molecule has 0 amide bonds. The zero-order valence-corrected chi connectivity index (χ0v) is 24.0. The van der Waals surface area contributed by atoms with Crippen LogP contribution in [0, 0.1) is 6.92 Å². The molecule has 3 aromatic heterocycles. The van der Waals surface area contributed by atoms with Gasteiger partial charge < -0.3 is 19.2 Å². The molecule has 0 bridgehead atoms. The molecule has 0 saturated carbocycles. The summed E-state index contributed by atoms with van der Waals surface area (Å²) in [5, 5.41) is 2.28. The molecule has 0 aliphatic heterocycles. The van der Waals surface area contributed by atoms with Crippen molar-refractivity contribution in [2.45, 2.75) is 11.8 Å². The van der Waals surface area contributed by atoms with Gasteiger partial charge in [0, 0.05) is 27.7 Å². The van der Waals surface area contributed by atoms with Gasteiger partial charge in [-0.05, 0) is 43.3 Å². The summed E-state index contributed by atoms with van der Waals surface area (Å²) in [6.45, 7) is 1.88. The molecule has 3 heterocycles. The number of carbonyl (C=O) groups excluding carboxylic acids is 1. The van der Waals surface area contributed by atoms with Crippen LogP contribution in [-0.2, 0) is 14.8 Å². The van der Waals surface area contributed by atoms with Crippen LogP contribution < -0.4 is 14.2 Å². The number of H-pyrrole nitrogens is 1. The van der Waals surface area contributed by atoms with Gasteiger partial charge in [-0.2, -0.15) is 0 Å². The van der Waals surface area contributed by atoms with E-state index in [2.05, 4.69) is 14.7 Å². The first-order chi connectivity index (χ1) is 20.2. The van der Waals surface area contributed by atoms with E-state index in [0.717, 1.165) is 21.9 Å². The number of para-hydroxylation sites is 1. The van der Waals surface area contributed by atoms with Crippen molar-refractivity contribution in [3.63, 3.8) is 0 Å². The number of aryl methyl sites for hydroxylation is 1. The number of sulfonamides is 1. The molecule has 42 heavy (non-hydrogen) atoms. The number of nitrogens with one attached hydrogen (secondary N) is 2. The molecule has 0 unspecified atom stereocenters. The third-order valence-electron chi connectivity index (χ3n) is 7.03. The van der Waals surface area contributed by atoms with Crippen molar-refractivity contribution in [2.75, 3.05) is 26.1 Å². The lowest BCUT2D eigenvalue weighted by atomic mass is 10.1. The Kier molecular flexibility index (Phi) is 6.66. The van der Waals surface area contributed by atoms with E-state index < -0.39 is 16.0 Å². The van der Waals surface area contributed by atoms with E-state index >= 15 is 0 Å². The number of benzene rings is 3. The largest absolute Gasteiger partial charge is 0.496 e. The van der Waals surface area contributed by atoms with Gasteiger partial charge in [0.25, 0.3) is 10.0 Å². The van der Waals surface area contributed by atoms with Gasteiger partial charge in [0.05, 0.1) is 43.1 Å². The highest BCUT2D eigenvalue weighted by molar-refractivity contribution is 7.92. The lowest BCUT2D eigenvalue weighted by Gasteiger charge is -2.17. The number of fused-ring (bicyclic) bond motifs is 4. The van der Waals surface area contributed by atoms with Crippen molar-refractivity contribution < 1.29 is 27.4 Å². The van der Waals surface area contributed by atoms with E-state index in [1.165, 1.54) is 33.5 Å². The highest BCUT2D eigenvalue weighted by Gasteiger charge is 2.23. The van der Waals surface area contributed by atoms with Crippen LogP contribution in [0.2, 0.25) is 0 Å². The van der Waals surface area contributed by atoms with Gasteiger partial charge in [0.2, 0.25) is 0 Å². The maximum absolute atomic E-state index is 13.3. The summed E-state index contributed by atoms with van der Waals surface area (Å²) in [4.78, 5) is 25.6. The Bertz CT molecular complexity index is 2120. The number of carbonyl (C=O) groups is 1. The summed E-state index contributed by atoms with van der Waals surface area (Å²) in [5.74, 6) is -0.00453. The van der Waals surface area contributed by atoms with Crippen LogP contribution in [0.5, 0.6) is 11.5 Å². The summed E-state index contributed by atoms with van der Waals surface area (Å²) in [7, 11) is 0.262. The number of hydrogen-bond acceptors (Lipinski definition) is 8. The van der Waals surface area contributed by atoms with E-state index in [-0.39, 0.29) is 22.0 Å². The summed E-state index contributed by atoms with van der Waals surface area (Å²) in [6, 6.07) is 21.0. The van der Waals surface area contributed by atoms with Gasteiger partial charge in [-0.1, -0.05) is 35.9 Å². The Balaban J connectivity index is 1.58. The second-order valence-electron chi connectivity index (χ2n) is 9.61. The minimum atomic E-state index is -3.96. The lowest BCUT2D eigenvalue weighted by molar-refractivity contribution is 0.0594. The predicted octanol–water partition coefficient (Wildman–Crippen LogP) is 5.84. The smallest absolute Gasteiger partial charge is 0.356 e. The Morgan fingerprint density at radius 2 is 1.62 bits per heavy atom. The highest BCUT2D eigenvalue weighted by atomic mass is 32.2. The van der Waals surface area contributed by atoms with E-state index in [1.807, 2.05) is 31.2 Å². The normalized spacial score (nSPS) is 11.6. The van der Waals surface area contributed by atoms with Crippen molar-refractivity contribution in [1.82, 2.24) is 15.0 Å². The molecule has 0 radical (unpaired) electrons. The van der Waals surface area contributed by atoms with Crippen LogP contribution in [0.4, 0.5) is 5.69 Å². The average Bonchev–Trinajstić information content (AvgIpc) is 3.38. The SMILES string of the molecule is COC(=O)c1cc2c([nH]c3ccccc32)c(-c2ccc3c(OC)cc(NS(=O)(=O)c4ccc(C)cc4)c(OC)c3n2)n1. The molecule has 6 aromatic rings. The first-order valence-electron chi connectivity index (χ1n) is 12.9. The molecule has 10 nitrogen and oxygen atoms in total. The second-order valence-corrected chi connectivity index (χ2v) is 11.3. The number of ether oxygens (including phenoxy) is 3. The van der Waals surface area contributed by atoms with Gasteiger partial charge in [-0.3, -0.25) is 4.72 Å². The molecular weight excluding hydrogens is 556 g/mol. The first-order valence-corrected chi connectivity index (χ1v) is 14.4. The topological polar surface area (TPSA) is 132 Å². The molecule has 0 aliphatic rings. The van der Waals surface area contributed by atoms with Crippen LogP contribution in [0.3, 0.4) is 0 Å². The fraction of sp³-hybridized carbons (Fsp3) is 0.129. The maximum atomic E-state index is 13.3. The number of esters is 1. The van der Waals surface area contributed by atoms with Crippen LogP contribution in [-0.4, -0.2) is 50.7 Å². The molecular formula is C31H26N4O6S. The lowest BCUT2D eigenvalue weighted by Crippen LogP contribution is -2.14. The van der Waals surface area contributed by atoms with Crippen LogP contribution >= 0.6 is 0 Å². The number of pyridine rings is 2. The molecule has 3 aromatic carbocycles. The standard InChI is InChI=1S/C31H26N4O6S/c1-17-9-11-18(12-10-17)42(37,38)35-24-16-26(39-2)20-13-14-23(33-28(20)30(24)40-3)29-27-21(15-25(34-29)31(36)41-4)19-7-5-6-8-22(19)32-27/h5-16,32,35H,1-4H3. The third-order valence-corrected chi connectivity index (χ3v) is 8.41. The zero-order valence-electron chi connectivity index (χ0n) is 23.2. The third kappa shape index (κ3) is 4.53. The minimum absolute atomic E-state index is 0.0981. The maximum Gasteiger partial charge on any atom is 0.356 e. The molecule has 0 atom stereocenters. The molecule has 2 N–H and O–H groups in total. The van der Waals surface area contributed by atoms with Gasteiger partial charge in [0.15, 0.2) is 5.75 Å². The van der Waals surface area contributed by atoms with E-state index in [1.54, 1.807) is 36.4 Å². The van der Waals surface area contributed by atoms with Gasteiger partial charge in [0.1, 0.15) is 22.7 Å². The Labute approximate surface area is 241 Å². The Morgan fingerprint density at radius 3 is 2.33 bits per heavy atom. The van der Waals surface area contributed by atoms with Crippen molar-refractivity contribution in [2.24, 2.45) is 0 Å². The number of hydrogen-bond donors (Lipinski definition) is 2. The molecule has 11 heteroatoms. The molecule has 0 spiro atoms. The van der Waals surface area contributed by atoms with Crippen LogP contribution in [0.1, 0.15) is 16.1 Å². The molecule has 212 valence electrons. The Morgan fingerprint density at radius 1 is 0.857 bits per heavy atom. The van der Waals surface area contributed by atoms with Crippen LogP contribution in [0.25, 0.3) is 44.1 Å². The van der Waals surface area contributed by atoms with Crippen molar-refractivity contribution in [1.29, 1.82) is 0 Å². The number of rotatable bonds is 7. The van der Waals surface area contributed by atoms with Crippen LogP contribution in [0.15, 0.2) is 77.7 Å². The molecule has 6 rings (SSSR count). The average molecular weight is 583 g/mol. The fourth-order valence-electron chi connectivity index (χ4n) is 4.98. The summed E-state index contributed by atoms with van der Waals surface area (Å²) >= 11 is 0. The number of methoxy groups -OCH3 is 3. The minimum Gasteiger partial charge on any atom is -0.496 e. The van der Waals surface area contributed by atoms with Crippen molar-refractivity contribution in [3.8, 4) is 22.9 Å². The Hall–Kier alpha value is -5.16. The number of aromatic amines is 1. The van der Waals surface area contributed by atoms with Gasteiger partial charge in [-0.25, -0.2) is 23.2 Å². The highest BCUT2D eigenvalue weighted by Crippen LogP contribution is 2.41. The second kappa shape index (κ2) is 10.3. The molecule has 0 fully saturated rings. The van der Waals surface area contributed by atoms with Crippen molar-refractivity contribution >= 4 is 54.4 Å². The van der Waals surface area contributed by atoms with Gasteiger partial charge in [-0.15, -0.1) is 0 Å². The summed E-state index contributed by atoms with van der Waals surface area (Å²) in [6.07, 6.45) is 0. The predicted molar refractivity (Wildman–Crippen MR) is 161 cm³/mol. The monoisotopic (exact) mass is 582 g/mol. The van der Waals surface area contributed by atoms with E-state index in [0.29, 0.717) is 33.6 Å². The number of nitrogens with zero attached hydrogens (tertiary/aromatic N) is 2. The number of aromatic nitrogens is 3. The zero-order chi connectivity index (χ0) is 29.6. The molecule has 0 saturated heterocycles. The summed E-state index contributed by atoms with van der Waals surface area (Å²) < 4.78 is 45.5. The van der Waals surface area contributed by atoms with Gasteiger partial charge >= 0.3 is 5.97 Å². The van der Waals surface area contributed by atoms with E-state index in [9.17, 15) is 13.2 Å².